The molecule has 1 saturated carbocycles. The molecule has 1 saturated heterocycles. The SMILES string of the molecule is COc1cc2cc(C(=O)N3C[C@H]4C[C@@]45C3=CC(=O)c3ccccc35)[se]c2cc1OC. The van der Waals surface area contributed by atoms with Crippen molar-refractivity contribution in [3.8, 4) is 11.5 Å². The van der Waals surface area contributed by atoms with Crippen LogP contribution in [-0.2, 0) is 5.41 Å². The first-order chi connectivity index (χ1) is 14.6. The van der Waals surface area contributed by atoms with Gasteiger partial charge in [-0.15, -0.1) is 0 Å². The van der Waals surface area contributed by atoms with Crippen molar-refractivity contribution in [2.75, 3.05) is 20.8 Å². The standard InChI is InChI=1S/C24H19NO4Se/c1-28-18-7-13-8-21(30-20(13)10-19(18)29-2)23(27)25-12-14-11-24(14)16-6-4-3-5-15(16)17(26)9-22(24)25/h3-10,14H,11-12H2,1-2H3/t14-,24-/m1/s1. The molecule has 2 aromatic carbocycles. The number of rotatable bonds is 3. The van der Waals surface area contributed by atoms with Crippen molar-refractivity contribution >= 4 is 35.8 Å². The monoisotopic (exact) mass is 465 g/mol. The average Bonchev–Trinajstić information content (AvgIpc) is 3.17. The number of hydrogen-bond acceptors (Lipinski definition) is 4. The molecule has 150 valence electrons. The van der Waals surface area contributed by atoms with Gasteiger partial charge in [0.2, 0.25) is 0 Å². The van der Waals surface area contributed by atoms with Crippen LogP contribution in [0.15, 0.2) is 54.2 Å². The van der Waals surface area contributed by atoms with Crippen LogP contribution in [-0.4, -0.2) is 51.9 Å². The summed E-state index contributed by atoms with van der Waals surface area (Å²) in [4.78, 5) is 28.1. The molecule has 0 unspecified atom stereocenters. The van der Waals surface area contributed by atoms with E-state index in [2.05, 4.69) is 6.07 Å². The van der Waals surface area contributed by atoms with Crippen LogP contribution in [0, 0.1) is 5.92 Å². The molecule has 2 fully saturated rings. The van der Waals surface area contributed by atoms with Crippen molar-refractivity contribution < 1.29 is 19.1 Å². The van der Waals surface area contributed by atoms with E-state index >= 15 is 0 Å². The van der Waals surface area contributed by atoms with Crippen molar-refractivity contribution in [3.63, 3.8) is 0 Å². The van der Waals surface area contributed by atoms with E-state index < -0.39 is 0 Å². The number of ether oxygens (including phenoxy) is 2. The van der Waals surface area contributed by atoms with Gasteiger partial charge in [-0.3, -0.25) is 0 Å². The number of carbonyl (C=O) groups is 2. The van der Waals surface area contributed by atoms with E-state index in [4.69, 9.17) is 9.47 Å². The Morgan fingerprint density at radius 1 is 1.13 bits per heavy atom. The molecule has 6 heteroatoms. The summed E-state index contributed by atoms with van der Waals surface area (Å²) in [6, 6.07) is 13.7. The predicted octanol–water partition coefficient (Wildman–Crippen LogP) is 3.41. The Hall–Kier alpha value is -2.82. The molecule has 0 bridgehead atoms. The topological polar surface area (TPSA) is 55.8 Å². The molecule has 2 atom stereocenters. The first-order valence-corrected chi connectivity index (χ1v) is 11.6. The number of likely N-dealkylation sites (tertiary alicyclic amines) is 1. The summed E-state index contributed by atoms with van der Waals surface area (Å²) in [7, 11) is 3.23. The average molecular weight is 464 g/mol. The molecule has 0 N–H and O–H groups in total. The summed E-state index contributed by atoms with van der Waals surface area (Å²) in [6.45, 7) is 0.683. The molecule has 3 aliphatic rings. The molecule has 2 aliphatic carbocycles. The summed E-state index contributed by atoms with van der Waals surface area (Å²) >= 11 is -0.108. The van der Waals surface area contributed by atoms with Crippen LogP contribution in [0.25, 0.3) is 9.65 Å². The van der Waals surface area contributed by atoms with Crippen LogP contribution in [0.3, 0.4) is 0 Å². The van der Waals surface area contributed by atoms with Gasteiger partial charge in [-0.2, -0.15) is 0 Å². The number of methoxy groups -OCH3 is 2. The number of allylic oxidation sites excluding steroid dienone is 2. The first-order valence-electron chi connectivity index (χ1n) is 9.90. The van der Waals surface area contributed by atoms with Gasteiger partial charge in [0.1, 0.15) is 0 Å². The van der Waals surface area contributed by atoms with E-state index in [-0.39, 0.29) is 31.6 Å². The van der Waals surface area contributed by atoms with Gasteiger partial charge in [0.25, 0.3) is 0 Å². The Morgan fingerprint density at radius 3 is 2.70 bits per heavy atom. The first kappa shape index (κ1) is 18.0. The van der Waals surface area contributed by atoms with Gasteiger partial charge in [0.15, 0.2) is 0 Å². The second-order valence-electron chi connectivity index (χ2n) is 8.08. The fraction of sp³-hybridized carbons (Fsp3) is 0.250. The van der Waals surface area contributed by atoms with Crippen molar-refractivity contribution in [2.45, 2.75) is 11.8 Å². The Balaban J connectivity index is 1.40. The second kappa shape index (κ2) is 6.10. The maximum absolute atomic E-state index is 13.5. The quantitative estimate of drug-likeness (QED) is 0.558. The Kier molecular flexibility index (Phi) is 3.66. The van der Waals surface area contributed by atoms with Gasteiger partial charge in [-0.05, 0) is 0 Å². The van der Waals surface area contributed by atoms with E-state index in [0.717, 1.165) is 37.3 Å². The van der Waals surface area contributed by atoms with E-state index in [9.17, 15) is 9.59 Å². The third-order valence-electron chi connectivity index (χ3n) is 6.68. The third-order valence-corrected chi connectivity index (χ3v) is 8.95. The van der Waals surface area contributed by atoms with Crippen molar-refractivity contribution in [1.29, 1.82) is 0 Å². The van der Waals surface area contributed by atoms with Gasteiger partial charge in [0, 0.05) is 0 Å². The fourth-order valence-corrected chi connectivity index (χ4v) is 7.33. The minimum atomic E-state index is -0.147. The molecular formula is C24H19NO4Se. The molecule has 30 heavy (non-hydrogen) atoms. The zero-order valence-corrected chi connectivity index (χ0v) is 18.3. The van der Waals surface area contributed by atoms with E-state index in [1.54, 1.807) is 20.3 Å². The number of ketones is 1. The molecule has 5 nitrogen and oxygen atoms in total. The van der Waals surface area contributed by atoms with Gasteiger partial charge < -0.3 is 0 Å². The number of hydrogen-bond donors (Lipinski definition) is 0. The number of nitrogens with zero attached hydrogens (tertiary/aromatic N) is 1. The van der Waals surface area contributed by atoms with E-state index in [0.29, 0.717) is 24.0 Å². The summed E-state index contributed by atoms with van der Waals surface area (Å²) in [5.41, 5.74) is 2.63. The number of benzene rings is 2. The molecule has 1 aliphatic heterocycles. The molecule has 1 amide bonds. The molecular weight excluding hydrogens is 445 g/mol. The van der Waals surface area contributed by atoms with Gasteiger partial charge in [-0.25, -0.2) is 0 Å². The number of carbonyl (C=O) groups excluding carboxylic acids is 2. The normalized spacial score (nSPS) is 23.5. The summed E-state index contributed by atoms with van der Waals surface area (Å²) in [5.74, 6) is 1.77. The number of amides is 1. The van der Waals surface area contributed by atoms with Crippen LogP contribution in [0.1, 0.15) is 31.6 Å². The van der Waals surface area contributed by atoms with Crippen LogP contribution in [0.5, 0.6) is 11.5 Å². The van der Waals surface area contributed by atoms with Crippen molar-refractivity contribution in [3.05, 3.63) is 69.8 Å². The third kappa shape index (κ3) is 2.23. The summed E-state index contributed by atoms with van der Waals surface area (Å²) in [5, 5.41) is 1.01. The van der Waals surface area contributed by atoms with E-state index in [1.165, 1.54) is 0 Å². The van der Waals surface area contributed by atoms with E-state index in [1.807, 2.05) is 41.3 Å². The Morgan fingerprint density at radius 2 is 1.90 bits per heavy atom. The predicted molar refractivity (Wildman–Crippen MR) is 114 cm³/mol. The Labute approximate surface area is 179 Å². The van der Waals surface area contributed by atoms with Crippen molar-refractivity contribution in [2.24, 2.45) is 5.92 Å². The van der Waals surface area contributed by atoms with Crippen LogP contribution >= 0.6 is 0 Å². The van der Waals surface area contributed by atoms with Crippen LogP contribution in [0.4, 0.5) is 0 Å². The zero-order valence-electron chi connectivity index (χ0n) is 16.6. The Bertz CT molecular complexity index is 1250. The minimum absolute atomic E-state index is 0.000227. The van der Waals surface area contributed by atoms with Gasteiger partial charge in [0.05, 0.1) is 0 Å². The van der Waals surface area contributed by atoms with Crippen molar-refractivity contribution in [1.82, 2.24) is 4.90 Å². The molecule has 0 radical (unpaired) electrons. The summed E-state index contributed by atoms with van der Waals surface area (Å²) in [6.07, 6.45) is 2.72. The zero-order chi connectivity index (χ0) is 20.6. The number of fused-ring (bicyclic) bond motifs is 2. The summed E-state index contributed by atoms with van der Waals surface area (Å²) < 4.78 is 12.7. The molecule has 6 rings (SSSR count). The fourth-order valence-electron chi connectivity index (χ4n) is 5.18. The van der Waals surface area contributed by atoms with Crippen LogP contribution < -0.4 is 9.47 Å². The molecule has 2 heterocycles. The van der Waals surface area contributed by atoms with Crippen LogP contribution in [0.2, 0.25) is 0 Å². The second-order valence-corrected chi connectivity index (χ2v) is 10.4. The molecule has 1 spiro atoms. The molecule has 1 aromatic heterocycles. The maximum atomic E-state index is 13.5. The van der Waals surface area contributed by atoms with Gasteiger partial charge in [-0.1, -0.05) is 0 Å². The van der Waals surface area contributed by atoms with Gasteiger partial charge >= 0.3 is 180 Å². The number of piperidine rings is 1. The molecule has 3 aromatic rings.